The van der Waals surface area contributed by atoms with Gasteiger partial charge in [0.1, 0.15) is 0 Å². The predicted octanol–water partition coefficient (Wildman–Crippen LogP) is 2.66. The first-order valence-electron chi connectivity index (χ1n) is 3.19. The van der Waals surface area contributed by atoms with Crippen LogP contribution in [0.3, 0.4) is 0 Å². The first-order chi connectivity index (χ1) is 4.22. The standard InChI is InChI=1S/C8H14O/c1-4-5-8(6-9)7(2)3/h4-7,9H,1-3H3/b5-4+,8-6+. The maximum absolute atomic E-state index is 8.61. The molecular formula is C8H14O. The zero-order chi connectivity index (χ0) is 7.28. The van der Waals surface area contributed by atoms with E-state index >= 15 is 0 Å². The third kappa shape index (κ3) is 2.96. The van der Waals surface area contributed by atoms with Crippen molar-refractivity contribution >= 4 is 0 Å². The van der Waals surface area contributed by atoms with Crippen LogP contribution in [-0.4, -0.2) is 5.11 Å². The lowest BCUT2D eigenvalue weighted by molar-refractivity contribution is 0.461. The van der Waals surface area contributed by atoms with E-state index < -0.39 is 0 Å². The number of aliphatic hydroxyl groups excluding tert-OH is 1. The van der Waals surface area contributed by atoms with Gasteiger partial charge in [-0.3, -0.25) is 0 Å². The van der Waals surface area contributed by atoms with Crippen molar-refractivity contribution in [1.82, 2.24) is 0 Å². The van der Waals surface area contributed by atoms with E-state index in [1.807, 2.05) is 32.9 Å². The van der Waals surface area contributed by atoms with Crippen LogP contribution in [0.4, 0.5) is 0 Å². The fourth-order valence-electron chi connectivity index (χ4n) is 0.577. The maximum atomic E-state index is 8.61. The van der Waals surface area contributed by atoms with Crippen LogP contribution in [0.5, 0.6) is 0 Å². The molecule has 0 bridgehead atoms. The Hall–Kier alpha value is -0.720. The van der Waals surface area contributed by atoms with Crippen LogP contribution in [0.1, 0.15) is 20.8 Å². The van der Waals surface area contributed by atoms with Crippen molar-refractivity contribution in [3.05, 3.63) is 24.0 Å². The van der Waals surface area contributed by atoms with E-state index in [1.54, 1.807) is 0 Å². The molecule has 0 aromatic heterocycles. The SMILES string of the molecule is C/C=C/C(=C\O)C(C)C. The largest absolute Gasteiger partial charge is 0.515 e. The van der Waals surface area contributed by atoms with Gasteiger partial charge < -0.3 is 5.11 Å². The predicted molar refractivity (Wildman–Crippen MR) is 40.4 cm³/mol. The summed E-state index contributed by atoms with van der Waals surface area (Å²) < 4.78 is 0. The van der Waals surface area contributed by atoms with Crippen LogP contribution >= 0.6 is 0 Å². The minimum absolute atomic E-state index is 0.409. The third-order valence-corrected chi connectivity index (χ3v) is 1.17. The quantitative estimate of drug-likeness (QED) is 0.445. The maximum Gasteiger partial charge on any atom is 0.0826 e. The van der Waals surface area contributed by atoms with Gasteiger partial charge in [0.15, 0.2) is 0 Å². The van der Waals surface area contributed by atoms with Crippen molar-refractivity contribution < 1.29 is 5.11 Å². The molecule has 9 heavy (non-hydrogen) atoms. The second-order valence-corrected chi connectivity index (χ2v) is 2.28. The first-order valence-corrected chi connectivity index (χ1v) is 3.19. The average Bonchev–Trinajstić information content (AvgIpc) is 1.82. The van der Waals surface area contributed by atoms with Gasteiger partial charge in [0.25, 0.3) is 0 Å². The Morgan fingerprint density at radius 3 is 2.11 bits per heavy atom. The third-order valence-electron chi connectivity index (χ3n) is 1.17. The van der Waals surface area contributed by atoms with Crippen molar-refractivity contribution in [2.75, 3.05) is 0 Å². The van der Waals surface area contributed by atoms with Crippen molar-refractivity contribution in [3.63, 3.8) is 0 Å². The van der Waals surface area contributed by atoms with Gasteiger partial charge in [-0.05, 0) is 18.4 Å². The van der Waals surface area contributed by atoms with Gasteiger partial charge in [0.05, 0.1) is 6.26 Å². The molecule has 0 atom stereocenters. The van der Waals surface area contributed by atoms with Crippen LogP contribution in [0, 0.1) is 5.92 Å². The molecular weight excluding hydrogens is 112 g/mol. The van der Waals surface area contributed by atoms with E-state index in [-0.39, 0.29) is 0 Å². The van der Waals surface area contributed by atoms with Gasteiger partial charge in [0, 0.05) is 0 Å². The molecule has 0 heterocycles. The van der Waals surface area contributed by atoms with Crippen LogP contribution in [-0.2, 0) is 0 Å². The fourth-order valence-corrected chi connectivity index (χ4v) is 0.577. The molecule has 0 saturated carbocycles. The van der Waals surface area contributed by atoms with Crippen molar-refractivity contribution in [3.8, 4) is 0 Å². The minimum Gasteiger partial charge on any atom is -0.515 e. The number of aliphatic hydroxyl groups is 1. The van der Waals surface area contributed by atoms with Gasteiger partial charge in [-0.2, -0.15) is 0 Å². The van der Waals surface area contributed by atoms with Crippen LogP contribution < -0.4 is 0 Å². The molecule has 0 radical (unpaired) electrons. The Kier molecular flexibility index (Phi) is 3.85. The molecule has 0 spiro atoms. The molecule has 0 aliphatic carbocycles. The van der Waals surface area contributed by atoms with E-state index in [0.29, 0.717) is 5.92 Å². The summed E-state index contributed by atoms with van der Waals surface area (Å²) in [6.07, 6.45) is 4.98. The van der Waals surface area contributed by atoms with Crippen molar-refractivity contribution in [2.24, 2.45) is 5.92 Å². The average molecular weight is 126 g/mol. The Balaban J connectivity index is 4.01. The summed E-state index contributed by atoms with van der Waals surface area (Å²) in [5.74, 6) is 0.409. The van der Waals surface area contributed by atoms with E-state index in [0.717, 1.165) is 11.8 Å². The summed E-state index contributed by atoms with van der Waals surface area (Å²) in [5, 5.41) is 8.61. The Morgan fingerprint density at radius 1 is 1.44 bits per heavy atom. The van der Waals surface area contributed by atoms with Gasteiger partial charge in [-0.25, -0.2) is 0 Å². The number of allylic oxidation sites excluding steroid dienone is 3. The van der Waals surface area contributed by atoms with Crippen LogP contribution in [0.25, 0.3) is 0 Å². The molecule has 0 aromatic rings. The van der Waals surface area contributed by atoms with Gasteiger partial charge in [-0.1, -0.05) is 26.0 Å². The highest BCUT2D eigenvalue weighted by atomic mass is 16.2. The Labute approximate surface area is 56.7 Å². The zero-order valence-electron chi connectivity index (χ0n) is 6.26. The zero-order valence-corrected chi connectivity index (χ0v) is 6.26. The Bertz CT molecular complexity index is 121. The molecule has 0 unspecified atom stereocenters. The van der Waals surface area contributed by atoms with Crippen LogP contribution in [0.15, 0.2) is 24.0 Å². The molecule has 0 rings (SSSR count). The first kappa shape index (κ1) is 8.28. The normalized spacial score (nSPS) is 13.6. The van der Waals surface area contributed by atoms with Gasteiger partial charge in [0.2, 0.25) is 0 Å². The highest BCUT2D eigenvalue weighted by Crippen LogP contribution is 2.08. The van der Waals surface area contributed by atoms with E-state index in [1.165, 1.54) is 0 Å². The minimum atomic E-state index is 0.409. The lowest BCUT2D eigenvalue weighted by atomic mass is 10.1. The molecule has 52 valence electrons. The van der Waals surface area contributed by atoms with Gasteiger partial charge in [-0.15, -0.1) is 0 Å². The van der Waals surface area contributed by atoms with Crippen molar-refractivity contribution in [2.45, 2.75) is 20.8 Å². The molecule has 0 aliphatic heterocycles. The number of hydrogen-bond acceptors (Lipinski definition) is 1. The number of rotatable bonds is 2. The highest BCUT2D eigenvalue weighted by molar-refractivity contribution is 5.17. The molecule has 1 N–H and O–H groups in total. The summed E-state index contributed by atoms with van der Waals surface area (Å²) in [4.78, 5) is 0. The summed E-state index contributed by atoms with van der Waals surface area (Å²) in [6.45, 7) is 6.02. The second kappa shape index (κ2) is 4.19. The Morgan fingerprint density at radius 2 is 2.00 bits per heavy atom. The summed E-state index contributed by atoms with van der Waals surface area (Å²) in [6, 6.07) is 0. The van der Waals surface area contributed by atoms with Crippen molar-refractivity contribution in [1.29, 1.82) is 0 Å². The summed E-state index contributed by atoms with van der Waals surface area (Å²) >= 11 is 0. The summed E-state index contributed by atoms with van der Waals surface area (Å²) in [5.41, 5.74) is 0.970. The topological polar surface area (TPSA) is 20.2 Å². The second-order valence-electron chi connectivity index (χ2n) is 2.28. The molecule has 0 fully saturated rings. The monoisotopic (exact) mass is 126 g/mol. The van der Waals surface area contributed by atoms with Gasteiger partial charge >= 0.3 is 0 Å². The smallest absolute Gasteiger partial charge is 0.0826 e. The molecule has 1 nitrogen and oxygen atoms in total. The highest BCUT2D eigenvalue weighted by Gasteiger charge is 1.95. The van der Waals surface area contributed by atoms with Crippen LogP contribution in [0.2, 0.25) is 0 Å². The van der Waals surface area contributed by atoms with E-state index in [9.17, 15) is 0 Å². The molecule has 0 aromatic carbocycles. The molecule has 0 amide bonds. The lowest BCUT2D eigenvalue weighted by Gasteiger charge is -2.01. The number of hydrogen-bond donors (Lipinski definition) is 1. The molecule has 0 aliphatic rings. The van der Waals surface area contributed by atoms with E-state index in [4.69, 9.17) is 5.11 Å². The summed E-state index contributed by atoms with van der Waals surface area (Å²) in [7, 11) is 0. The fraction of sp³-hybridized carbons (Fsp3) is 0.500. The molecule has 0 saturated heterocycles. The van der Waals surface area contributed by atoms with E-state index in [2.05, 4.69) is 0 Å². The lowest BCUT2D eigenvalue weighted by Crippen LogP contribution is -1.89. The molecule has 1 heteroatoms.